The van der Waals surface area contributed by atoms with Crippen molar-refractivity contribution in [3.05, 3.63) is 81.6 Å². The Balaban J connectivity index is 1.66. The van der Waals surface area contributed by atoms with Crippen molar-refractivity contribution in [2.24, 2.45) is 0 Å². The fourth-order valence-electron chi connectivity index (χ4n) is 4.28. The van der Waals surface area contributed by atoms with Gasteiger partial charge in [0, 0.05) is 27.9 Å². The van der Waals surface area contributed by atoms with Crippen molar-refractivity contribution in [2.75, 3.05) is 12.4 Å². The van der Waals surface area contributed by atoms with Crippen LogP contribution < -0.4 is 15.6 Å². The Kier molecular flexibility index (Phi) is 9.19. The second-order valence-corrected chi connectivity index (χ2v) is 11.0. The maximum Gasteiger partial charge on any atom is 0.470 e. The van der Waals surface area contributed by atoms with Crippen LogP contribution in [0, 0.1) is 0 Å². The monoisotopic (exact) mass is 632 g/mol. The highest BCUT2D eigenvalue weighted by molar-refractivity contribution is 6.31. The van der Waals surface area contributed by atoms with Crippen molar-refractivity contribution in [1.82, 2.24) is 14.8 Å². The Hall–Kier alpha value is -4.65. The van der Waals surface area contributed by atoms with Crippen LogP contribution in [0.4, 0.5) is 18.9 Å². The van der Waals surface area contributed by atoms with E-state index in [0.29, 0.717) is 11.3 Å². The van der Waals surface area contributed by atoms with Gasteiger partial charge in [-0.1, -0.05) is 18.5 Å². The molecule has 0 fully saturated rings. The van der Waals surface area contributed by atoms with Gasteiger partial charge >= 0.3 is 18.0 Å². The predicted molar refractivity (Wildman–Crippen MR) is 156 cm³/mol. The molecule has 2 heterocycles. The second kappa shape index (κ2) is 12.5. The normalized spacial score (nSPS) is 12.5. The number of hydrogen-bond donors (Lipinski definition) is 1. The average molecular weight is 633 g/mol. The number of aromatic nitrogens is 3. The van der Waals surface area contributed by atoms with Crippen LogP contribution in [-0.4, -0.2) is 39.4 Å². The van der Waals surface area contributed by atoms with Gasteiger partial charge in [0.2, 0.25) is 11.8 Å². The Labute approximate surface area is 254 Å². The molecule has 1 unspecified atom stereocenters. The fraction of sp³-hybridized carbons (Fsp3) is 0.300. The molecule has 44 heavy (non-hydrogen) atoms. The third-order valence-corrected chi connectivity index (χ3v) is 6.48. The maximum atomic E-state index is 13.4. The molecule has 4 aromatic rings. The molecule has 2 aromatic carbocycles. The first-order valence-electron chi connectivity index (χ1n) is 13.3. The van der Waals surface area contributed by atoms with Crippen molar-refractivity contribution < 1.29 is 36.7 Å². The summed E-state index contributed by atoms with van der Waals surface area (Å²) in [5.41, 5.74) is -0.136. The van der Waals surface area contributed by atoms with Gasteiger partial charge in [-0.2, -0.15) is 13.2 Å². The van der Waals surface area contributed by atoms with Crippen LogP contribution in [0.5, 0.6) is 5.75 Å². The van der Waals surface area contributed by atoms with Gasteiger partial charge < -0.3 is 19.2 Å². The number of rotatable bonds is 8. The van der Waals surface area contributed by atoms with Crippen LogP contribution in [0.2, 0.25) is 5.02 Å². The topological polar surface area (TPSA) is 126 Å². The number of benzene rings is 2. The Morgan fingerprint density at radius 3 is 2.27 bits per heavy atom. The number of anilines is 1. The van der Waals surface area contributed by atoms with Crippen LogP contribution in [-0.2, 0) is 15.7 Å². The summed E-state index contributed by atoms with van der Waals surface area (Å²) < 4.78 is 56.2. The number of amides is 1. The Morgan fingerprint density at radius 1 is 1.02 bits per heavy atom. The molecule has 14 heteroatoms. The summed E-state index contributed by atoms with van der Waals surface area (Å²) in [6.45, 7) is 6.97. The molecule has 0 bridgehead atoms. The van der Waals surface area contributed by atoms with E-state index < -0.39 is 47.0 Å². The number of ether oxygens (including phenoxy) is 2. The minimum atomic E-state index is -4.86. The quantitative estimate of drug-likeness (QED) is 0.211. The van der Waals surface area contributed by atoms with Crippen LogP contribution in [0.15, 0.2) is 63.9 Å². The third kappa shape index (κ3) is 7.28. The number of carbonyl (C=O) groups is 2. The van der Waals surface area contributed by atoms with Crippen molar-refractivity contribution in [2.45, 2.75) is 51.9 Å². The summed E-state index contributed by atoms with van der Waals surface area (Å²) in [6, 6.07) is 10.5. The third-order valence-electron chi connectivity index (χ3n) is 6.25. The lowest BCUT2D eigenvalue weighted by molar-refractivity contribution is -0.157. The van der Waals surface area contributed by atoms with Gasteiger partial charge in [0.05, 0.1) is 18.9 Å². The standard InChI is InChI=1S/C30H28ClF3N4O6/c1-6-22(25(40)35-18-10-7-16(8-11-18)27(41)44-29(2,3)4)38-15-23(42-5)21(14-24(38)39)20-13-17(31)9-12-19(20)26-36-37-28(43-26)30(32,33)34/h7-15,22H,6H2,1-5H3,(H,35,40). The molecule has 10 nitrogen and oxygen atoms in total. The second-order valence-electron chi connectivity index (χ2n) is 10.6. The first-order valence-corrected chi connectivity index (χ1v) is 13.6. The lowest BCUT2D eigenvalue weighted by atomic mass is 9.99. The number of pyridine rings is 1. The van der Waals surface area contributed by atoms with Crippen LogP contribution in [0.3, 0.4) is 0 Å². The smallest absolute Gasteiger partial charge is 0.470 e. The predicted octanol–water partition coefficient (Wildman–Crippen LogP) is 6.79. The fourth-order valence-corrected chi connectivity index (χ4v) is 4.45. The molecule has 0 saturated carbocycles. The van der Waals surface area contributed by atoms with Crippen molar-refractivity contribution in [3.63, 3.8) is 0 Å². The van der Waals surface area contributed by atoms with Gasteiger partial charge in [0.15, 0.2) is 0 Å². The lowest BCUT2D eigenvalue weighted by Crippen LogP contribution is -2.32. The molecule has 0 aliphatic carbocycles. The molecule has 0 radical (unpaired) electrons. The summed E-state index contributed by atoms with van der Waals surface area (Å²) in [6.07, 6.45) is -3.31. The van der Waals surface area contributed by atoms with E-state index in [-0.39, 0.29) is 33.9 Å². The Bertz CT molecular complexity index is 1740. The van der Waals surface area contributed by atoms with Gasteiger partial charge in [-0.15, -0.1) is 10.2 Å². The minimum absolute atomic E-state index is 0.0764. The molecule has 2 aromatic heterocycles. The van der Waals surface area contributed by atoms with Crippen molar-refractivity contribution in [3.8, 4) is 28.3 Å². The summed E-state index contributed by atoms with van der Waals surface area (Å²) in [7, 11) is 1.33. The molecule has 1 N–H and O–H groups in total. The summed E-state index contributed by atoms with van der Waals surface area (Å²) in [4.78, 5) is 39.0. The van der Waals surface area contributed by atoms with E-state index in [0.717, 1.165) is 0 Å². The van der Waals surface area contributed by atoms with Gasteiger partial charge in [0.25, 0.3) is 5.56 Å². The van der Waals surface area contributed by atoms with E-state index in [4.69, 9.17) is 25.5 Å². The maximum absolute atomic E-state index is 13.4. The molecule has 0 aliphatic rings. The largest absolute Gasteiger partial charge is 0.495 e. The number of methoxy groups -OCH3 is 1. The number of esters is 1. The van der Waals surface area contributed by atoms with Crippen LogP contribution >= 0.6 is 11.6 Å². The average Bonchev–Trinajstić information content (AvgIpc) is 3.44. The SMILES string of the molecule is CCC(C(=O)Nc1ccc(C(=O)OC(C)(C)C)cc1)n1cc(OC)c(-c2cc(Cl)ccc2-c2nnc(C(F)(F)F)o2)cc1=O. The van der Waals surface area contributed by atoms with E-state index in [1.165, 1.54) is 54.3 Å². The number of nitrogens with zero attached hydrogens (tertiary/aromatic N) is 3. The van der Waals surface area contributed by atoms with Crippen molar-refractivity contribution >= 4 is 29.2 Å². The van der Waals surface area contributed by atoms with E-state index >= 15 is 0 Å². The highest BCUT2D eigenvalue weighted by Gasteiger charge is 2.38. The summed E-state index contributed by atoms with van der Waals surface area (Å²) in [5, 5.41) is 9.55. The van der Waals surface area contributed by atoms with Gasteiger partial charge in [0.1, 0.15) is 17.4 Å². The number of halogens is 4. The first kappa shape index (κ1) is 32.3. The number of nitrogens with one attached hydrogen (secondary N) is 1. The molecule has 0 saturated heterocycles. The van der Waals surface area contributed by atoms with Crippen LogP contribution in [0.25, 0.3) is 22.6 Å². The van der Waals surface area contributed by atoms with Gasteiger partial charge in [-0.25, -0.2) is 4.79 Å². The molecule has 1 amide bonds. The number of carbonyl (C=O) groups excluding carboxylic acids is 2. The molecule has 1 atom stereocenters. The molecule has 232 valence electrons. The van der Waals surface area contributed by atoms with Crippen molar-refractivity contribution in [1.29, 1.82) is 0 Å². The summed E-state index contributed by atoms with van der Waals surface area (Å²) >= 11 is 6.20. The van der Waals surface area contributed by atoms with Crippen LogP contribution in [0.1, 0.15) is 56.4 Å². The molecular formula is C30H28ClF3N4O6. The zero-order valence-corrected chi connectivity index (χ0v) is 25.0. The van der Waals surface area contributed by atoms with Gasteiger partial charge in [-0.3, -0.25) is 14.2 Å². The first-order chi connectivity index (χ1) is 20.6. The zero-order valence-electron chi connectivity index (χ0n) is 24.3. The summed E-state index contributed by atoms with van der Waals surface area (Å²) in [5.74, 6) is -2.88. The van der Waals surface area contributed by atoms with E-state index in [1.807, 2.05) is 0 Å². The molecule has 4 rings (SSSR count). The van der Waals surface area contributed by atoms with Gasteiger partial charge in [-0.05, 0) is 75.2 Å². The molecule has 0 spiro atoms. The minimum Gasteiger partial charge on any atom is -0.495 e. The Morgan fingerprint density at radius 2 is 1.70 bits per heavy atom. The number of hydrogen-bond acceptors (Lipinski definition) is 8. The molecule has 0 aliphatic heterocycles. The number of alkyl halides is 3. The highest BCUT2D eigenvalue weighted by Crippen LogP contribution is 2.39. The van der Waals surface area contributed by atoms with E-state index in [9.17, 15) is 27.6 Å². The lowest BCUT2D eigenvalue weighted by Gasteiger charge is -2.21. The van der Waals surface area contributed by atoms with E-state index in [2.05, 4.69) is 15.5 Å². The zero-order chi connectivity index (χ0) is 32.4. The van der Waals surface area contributed by atoms with E-state index in [1.54, 1.807) is 39.8 Å². The highest BCUT2D eigenvalue weighted by atomic mass is 35.5. The molecular weight excluding hydrogens is 605 g/mol.